The second-order valence-corrected chi connectivity index (χ2v) is 1.77. The summed E-state index contributed by atoms with van der Waals surface area (Å²) >= 11 is 0. The Morgan fingerprint density at radius 2 is 1.75 bits per heavy atom. The van der Waals surface area contributed by atoms with Gasteiger partial charge in [0.1, 0.15) is 0 Å². The third-order valence-electron chi connectivity index (χ3n) is 0.957. The first-order valence-corrected chi connectivity index (χ1v) is 3.23. The van der Waals surface area contributed by atoms with E-state index in [1.165, 1.54) is 25.9 Å². The quantitative estimate of drug-likeness (QED) is 0.480. The normalized spacial score (nSPS) is 17.2. The summed E-state index contributed by atoms with van der Waals surface area (Å²) in [4.78, 5) is 0. The van der Waals surface area contributed by atoms with Crippen LogP contribution < -0.4 is 5.32 Å². The third-order valence-corrected chi connectivity index (χ3v) is 0.957. The molecule has 2 N–H and O–H groups in total. The van der Waals surface area contributed by atoms with Gasteiger partial charge in [0.15, 0.2) is 0 Å². The van der Waals surface area contributed by atoms with E-state index in [9.17, 15) is 0 Å². The molecular formula is C6H15NO. The monoisotopic (exact) mass is 117 g/mol. The SMILES string of the molecule is C1CCNC1.CCO. The number of hydrogen-bond donors (Lipinski definition) is 2. The molecule has 1 heterocycles. The van der Waals surface area contributed by atoms with Crippen molar-refractivity contribution in [2.75, 3.05) is 19.7 Å². The molecule has 2 nitrogen and oxygen atoms in total. The molecule has 0 atom stereocenters. The molecule has 1 saturated heterocycles. The molecule has 2 heteroatoms. The topological polar surface area (TPSA) is 32.3 Å². The van der Waals surface area contributed by atoms with Gasteiger partial charge in [-0.15, -0.1) is 0 Å². The van der Waals surface area contributed by atoms with Crippen LogP contribution in [-0.4, -0.2) is 24.8 Å². The highest BCUT2D eigenvalue weighted by Crippen LogP contribution is 1.90. The summed E-state index contributed by atoms with van der Waals surface area (Å²) in [7, 11) is 0. The average molecular weight is 117 g/mol. The molecule has 50 valence electrons. The van der Waals surface area contributed by atoms with E-state index in [4.69, 9.17) is 5.11 Å². The minimum Gasteiger partial charge on any atom is -0.397 e. The van der Waals surface area contributed by atoms with E-state index >= 15 is 0 Å². The van der Waals surface area contributed by atoms with Crippen LogP contribution in [0.3, 0.4) is 0 Å². The van der Waals surface area contributed by atoms with E-state index in [1.54, 1.807) is 6.92 Å². The van der Waals surface area contributed by atoms with Crippen LogP contribution >= 0.6 is 0 Å². The second kappa shape index (κ2) is 6.92. The lowest BCUT2D eigenvalue weighted by atomic mass is 10.4. The summed E-state index contributed by atoms with van der Waals surface area (Å²) in [5.74, 6) is 0. The molecule has 8 heavy (non-hydrogen) atoms. The molecular weight excluding hydrogens is 102 g/mol. The first-order chi connectivity index (χ1) is 3.91. The van der Waals surface area contributed by atoms with Crippen molar-refractivity contribution in [1.29, 1.82) is 0 Å². The highest BCUT2D eigenvalue weighted by atomic mass is 16.2. The molecule has 0 saturated carbocycles. The summed E-state index contributed by atoms with van der Waals surface area (Å²) in [5, 5.41) is 10.8. The van der Waals surface area contributed by atoms with Crippen LogP contribution in [0.25, 0.3) is 0 Å². The van der Waals surface area contributed by atoms with Crippen LogP contribution in [0.15, 0.2) is 0 Å². The summed E-state index contributed by atoms with van der Waals surface area (Å²) in [5.41, 5.74) is 0. The first kappa shape index (κ1) is 7.92. The molecule has 0 unspecified atom stereocenters. The molecule has 0 amide bonds. The minimum atomic E-state index is 0.250. The number of rotatable bonds is 0. The van der Waals surface area contributed by atoms with E-state index in [-0.39, 0.29) is 6.61 Å². The van der Waals surface area contributed by atoms with Gasteiger partial charge in [-0.3, -0.25) is 0 Å². The Kier molecular flexibility index (Phi) is 6.85. The molecule has 0 aromatic rings. The van der Waals surface area contributed by atoms with Crippen molar-refractivity contribution in [2.45, 2.75) is 19.8 Å². The highest BCUT2D eigenvalue weighted by molar-refractivity contribution is 4.55. The maximum absolute atomic E-state index is 7.57. The fourth-order valence-corrected chi connectivity index (χ4v) is 0.625. The Morgan fingerprint density at radius 1 is 1.38 bits per heavy atom. The Bertz CT molecular complexity index is 27.9. The van der Waals surface area contributed by atoms with Gasteiger partial charge in [0.2, 0.25) is 0 Å². The van der Waals surface area contributed by atoms with Crippen LogP contribution in [0.4, 0.5) is 0 Å². The minimum absolute atomic E-state index is 0.250. The van der Waals surface area contributed by atoms with Crippen LogP contribution in [-0.2, 0) is 0 Å². The zero-order valence-corrected chi connectivity index (χ0v) is 5.48. The molecule has 0 bridgehead atoms. The fourth-order valence-electron chi connectivity index (χ4n) is 0.625. The van der Waals surface area contributed by atoms with E-state index < -0.39 is 0 Å². The van der Waals surface area contributed by atoms with Gasteiger partial charge < -0.3 is 10.4 Å². The lowest BCUT2D eigenvalue weighted by molar-refractivity contribution is 0.318. The summed E-state index contributed by atoms with van der Waals surface area (Å²) in [6.45, 7) is 4.43. The Balaban J connectivity index is 0.000000145. The predicted molar refractivity (Wildman–Crippen MR) is 34.9 cm³/mol. The number of nitrogens with one attached hydrogen (secondary N) is 1. The molecule has 0 aliphatic carbocycles. The molecule has 0 aromatic heterocycles. The van der Waals surface area contributed by atoms with Crippen molar-refractivity contribution in [2.24, 2.45) is 0 Å². The standard InChI is InChI=1S/C4H9N.C2H6O/c1-2-4-5-3-1;1-2-3/h5H,1-4H2;3H,2H2,1H3. The van der Waals surface area contributed by atoms with Crippen molar-refractivity contribution in [3.8, 4) is 0 Å². The van der Waals surface area contributed by atoms with Gasteiger partial charge in [-0.05, 0) is 32.9 Å². The summed E-state index contributed by atoms with van der Waals surface area (Å²) < 4.78 is 0. The van der Waals surface area contributed by atoms with Crippen molar-refractivity contribution >= 4 is 0 Å². The number of hydrogen-bond acceptors (Lipinski definition) is 2. The first-order valence-electron chi connectivity index (χ1n) is 3.23. The molecule has 0 radical (unpaired) electrons. The van der Waals surface area contributed by atoms with Gasteiger partial charge >= 0.3 is 0 Å². The van der Waals surface area contributed by atoms with E-state index in [1.807, 2.05) is 0 Å². The Morgan fingerprint density at radius 3 is 1.88 bits per heavy atom. The fraction of sp³-hybridized carbons (Fsp3) is 1.00. The lowest BCUT2D eigenvalue weighted by Gasteiger charge is -1.76. The third kappa shape index (κ3) is 5.92. The average Bonchev–Trinajstić information content (AvgIpc) is 2.17. The molecule has 0 aromatic carbocycles. The van der Waals surface area contributed by atoms with Gasteiger partial charge in [-0.2, -0.15) is 0 Å². The van der Waals surface area contributed by atoms with Gasteiger partial charge in [0.05, 0.1) is 0 Å². The van der Waals surface area contributed by atoms with Crippen molar-refractivity contribution < 1.29 is 5.11 Å². The van der Waals surface area contributed by atoms with E-state index in [0.29, 0.717) is 0 Å². The van der Waals surface area contributed by atoms with Crippen LogP contribution in [0.1, 0.15) is 19.8 Å². The van der Waals surface area contributed by atoms with E-state index in [0.717, 1.165) is 0 Å². The van der Waals surface area contributed by atoms with Crippen LogP contribution in [0.5, 0.6) is 0 Å². The van der Waals surface area contributed by atoms with Gasteiger partial charge in [0.25, 0.3) is 0 Å². The van der Waals surface area contributed by atoms with E-state index in [2.05, 4.69) is 5.32 Å². The van der Waals surface area contributed by atoms with Crippen molar-refractivity contribution in [1.82, 2.24) is 5.32 Å². The molecule has 0 spiro atoms. The lowest BCUT2D eigenvalue weighted by Crippen LogP contribution is -2.03. The van der Waals surface area contributed by atoms with Gasteiger partial charge in [-0.1, -0.05) is 0 Å². The summed E-state index contributed by atoms with van der Waals surface area (Å²) in [6, 6.07) is 0. The largest absolute Gasteiger partial charge is 0.397 e. The second-order valence-electron chi connectivity index (χ2n) is 1.77. The molecule has 1 aliphatic heterocycles. The summed E-state index contributed by atoms with van der Waals surface area (Å²) in [6.07, 6.45) is 2.78. The van der Waals surface area contributed by atoms with Crippen molar-refractivity contribution in [3.63, 3.8) is 0 Å². The number of aliphatic hydroxyl groups excluding tert-OH is 1. The number of aliphatic hydroxyl groups is 1. The van der Waals surface area contributed by atoms with Gasteiger partial charge in [0, 0.05) is 6.61 Å². The van der Waals surface area contributed by atoms with Crippen LogP contribution in [0.2, 0.25) is 0 Å². The predicted octanol–water partition coefficient (Wildman–Crippen LogP) is 0.368. The Labute approximate surface area is 50.9 Å². The van der Waals surface area contributed by atoms with Crippen molar-refractivity contribution in [3.05, 3.63) is 0 Å². The Hall–Kier alpha value is -0.0800. The van der Waals surface area contributed by atoms with Gasteiger partial charge in [-0.25, -0.2) is 0 Å². The molecule has 1 aliphatic rings. The maximum atomic E-state index is 7.57. The molecule has 1 fully saturated rings. The highest BCUT2D eigenvalue weighted by Gasteiger charge is 1.93. The molecule has 1 rings (SSSR count). The maximum Gasteiger partial charge on any atom is 0.0402 e. The van der Waals surface area contributed by atoms with Crippen LogP contribution in [0, 0.1) is 0 Å². The zero-order chi connectivity index (χ0) is 6.24. The smallest absolute Gasteiger partial charge is 0.0402 e. The zero-order valence-electron chi connectivity index (χ0n) is 5.48.